The third kappa shape index (κ3) is 6.09. The molecular formula is C23H32O4. The van der Waals surface area contributed by atoms with Gasteiger partial charge in [-0.1, -0.05) is 42.9 Å². The smallest absolute Gasteiger partial charge is 0.305 e. The van der Waals surface area contributed by atoms with Gasteiger partial charge in [-0.3, -0.25) is 4.79 Å². The van der Waals surface area contributed by atoms with Gasteiger partial charge in [0.1, 0.15) is 0 Å². The summed E-state index contributed by atoms with van der Waals surface area (Å²) in [5.41, 5.74) is 1.27. The molecule has 0 bridgehead atoms. The van der Waals surface area contributed by atoms with Crippen LogP contribution < -0.4 is 0 Å². The normalized spacial score (nSPS) is 29.3. The lowest BCUT2D eigenvalue weighted by molar-refractivity contribution is -0.140. The fourth-order valence-electron chi connectivity index (χ4n) is 4.02. The summed E-state index contributed by atoms with van der Waals surface area (Å²) in [6.45, 7) is 3.79. The van der Waals surface area contributed by atoms with Gasteiger partial charge in [-0.05, 0) is 43.9 Å². The minimum atomic E-state index is -0.538. The molecule has 1 unspecified atom stereocenters. The van der Waals surface area contributed by atoms with Crippen molar-refractivity contribution in [3.05, 3.63) is 36.0 Å². The van der Waals surface area contributed by atoms with E-state index < -0.39 is 6.10 Å². The summed E-state index contributed by atoms with van der Waals surface area (Å²) in [6, 6.07) is 0. The number of carbonyl (C=O) groups excluding carboxylic acids is 1. The molecule has 6 atom stereocenters. The maximum Gasteiger partial charge on any atom is 0.305 e. The Labute approximate surface area is 163 Å². The molecule has 0 spiro atoms. The van der Waals surface area contributed by atoms with Crippen LogP contribution in [-0.2, 0) is 9.53 Å². The summed E-state index contributed by atoms with van der Waals surface area (Å²) in [5, 5.41) is 20.7. The topological polar surface area (TPSA) is 66.8 Å². The molecule has 0 amide bonds. The highest BCUT2D eigenvalue weighted by Gasteiger charge is 2.43. The minimum Gasteiger partial charge on any atom is -0.469 e. The SMILES string of the molecule is CC#CCC(C)[C@H](O)C=C[C@H]1[C@H]2CC(C=CCCC(=O)OC)=C[C@H]2C[C@H]1O. The van der Waals surface area contributed by atoms with Gasteiger partial charge < -0.3 is 14.9 Å². The van der Waals surface area contributed by atoms with E-state index in [-0.39, 0.29) is 23.9 Å². The molecule has 1 fully saturated rings. The molecule has 27 heavy (non-hydrogen) atoms. The molecule has 0 aromatic rings. The van der Waals surface area contributed by atoms with E-state index in [1.54, 1.807) is 6.92 Å². The number of aliphatic hydroxyl groups excluding tert-OH is 2. The van der Waals surface area contributed by atoms with Crippen LogP contribution in [-0.4, -0.2) is 35.5 Å². The van der Waals surface area contributed by atoms with Gasteiger partial charge in [0, 0.05) is 18.8 Å². The zero-order valence-electron chi connectivity index (χ0n) is 16.6. The third-order valence-electron chi connectivity index (χ3n) is 5.69. The van der Waals surface area contributed by atoms with E-state index in [4.69, 9.17) is 0 Å². The van der Waals surface area contributed by atoms with Gasteiger partial charge in [0.05, 0.1) is 19.3 Å². The number of aliphatic hydroxyl groups is 2. The Hall–Kier alpha value is -1.83. The van der Waals surface area contributed by atoms with Crippen molar-refractivity contribution >= 4 is 5.97 Å². The Morgan fingerprint density at radius 3 is 2.96 bits per heavy atom. The number of rotatable bonds is 8. The number of carbonyl (C=O) groups is 1. The Morgan fingerprint density at radius 1 is 1.48 bits per heavy atom. The van der Waals surface area contributed by atoms with Gasteiger partial charge in [-0.25, -0.2) is 0 Å². The zero-order chi connectivity index (χ0) is 19.8. The van der Waals surface area contributed by atoms with Gasteiger partial charge in [0.2, 0.25) is 0 Å². The van der Waals surface area contributed by atoms with Crippen molar-refractivity contribution in [2.45, 2.75) is 58.2 Å². The first kappa shape index (κ1) is 21.5. The van der Waals surface area contributed by atoms with Crippen LogP contribution in [0.3, 0.4) is 0 Å². The van der Waals surface area contributed by atoms with E-state index in [9.17, 15) is 15.0 Å². The van der Waals surface area contributed by atoms with Crippen LogP contribution in [0.25, 0.3) is 0 Å². The minimum absolute atomic E-state index is 0.0753. The number of fused-ring (bicyclic) bond motifs is 1. The Bertz CT molecular complexity index is 649. The maximum absolute atomic E-state index is 11.1. The lowest BCUT2D eigenvalue weighted by atomic mass is 9.88. The predicted molar refractivity (Wildman–Crippen MR) is 107 cm³/mol. The molecule has 2 aliphatic carbocycles. The second-order valence-electron chi connectivity index (χ2n) is 7.65. The van der Waals surface area contributed by atoms with Crippen LogP contribution in [0.1, 0.15) is 46.0 Å². The van der Waals surface area contributed by atoms with E-state index in [2.05, 4.69) is 28.7 Å². The first-order valence-corrected chi connectivity index (χ1v) is 9.84. The molecule has 0 saturated heterocycles. The van der Waals surface area contributed by atoms with E-state index in [1.165, 1.54) is 12.7 Å². The highest BCUT2D eigenvalue weighted by Crippen LogP contribution is 2.47. The first-order chi connectivity index (χ1) is 13.0. The number of methoxy groups -OCH3 is 1. The van der Waals surface area contributed by atoms with Crippen LogP contribution in [0.15, 0.2) is 36.0 Å². The van der Waals surface area contributed by atoms with Gasteiger partial charge >= 0.3 is 5.97 Å². The molecule has 2 N–H and O–H groups in total. The van der Waals surface area contributed by atoms with Crippen LogP contribution in [0, 0.1) is 35.5 Å². The monoisotopic (exact) mass is 372 g/mol. The molecule has 0 radical (unpaired) electrons. The summed E-state index contributed by atoms with van der Waals surface area (Å²) in [5.74, 6) is 6.60. The average molecular weight is 373 g/mol. The Kier molecular flexibility index (Phi) is 8.34. The maximum atomic E-state index is 11.1. The van der Waals surface area contributed by atoms with Crippen molar-refractivity contribution in [2.24, 2.45) is 23.7 Å². The molecule has 4 heteroatoms. The van der Waals surface area contributed by atoms with Crippen molar-refractivity contribution < 1.29 is 19.7 Å². The van der Waals surface area contributed by atoms with Gasteiger partial charge in [0.25, 0.3) is 0 Å². The van der Waals surface area contributed by atoms with Gasteiger partial charge in [0.15, 0.2) is 0 Å². The summed E-state index contributed by atoms with van der Waals surface area (Å²) < 4.78 is 4.64. The molecule has 0 aromatic heterocycles. The summed E-state index contributed by atoms with van der Waals surface area (Å²) in [7, 11) is 1.40. The summed E-state index contributed by atoms with van der Waals surface area (Å²) >= 11 is 0. The van der Waals surface area contributed by atoms with Gasteiger partial charge in [-0.2, -0.15) is 0 Å². The van der Waals surface area contributed by atoms with Crippen molar-refractivity contribution in [1.29, 1.82) is 0 Å². The fraction of sp³-hybridized carbons (Fsp3) is 0.609. The van der Waals surface area contributed by atoms with Crippen molar-refractivity contribution in [2.75, 3.05) is 7.11 Å². The Balaban J connectivity index is 1.89. The molecule has 0 aliphatic heterocycles. The average Bonchev–Trinajstić information content (AvgIpc) is 3.17. The molecule has 4 nitrogen and oxygen atoms in total. The largest absolute Gasteiger partial charge is 0.469 e. The van der Waals surface area contributed by atoms with E-state index in [0.29, 0.717) is 31.1 Å². The number of ether oxygens (including phenoxy) is 1. The van der Waals surface area contributed by atoms with Gasteiger partial charge in [-0.15, -0.1) is 11.8 Å². The van der Waals surface area contributed by atoms with E-state index in [0.717, 1.165) is 12.8 Å². The van der Waals surface area contributed by atoms with Crippen LogP contribution in [0.2, 0.25) is 0 Å². The molecule has 2 rings (SSSR count). The second-order valence-corrected chi connectivity index (χ2v) is 7.65. The quantitative estimate of drug-likeness (QED) is 0.389. The molecule has 1 saturated carbocycles. The zero-order valence-corrected chi connectivity index (χ0v) is 16.6. The number of hydrogen-bond acceptors (Lipinski definition) is 4. The van der Waals surface area contributed by atoms with E-state index in [1.807, 2.05) is 25.2 Å². The molecule has 148 valence electrons. The highest BCUT2D eigenvalue weighted by molar-refractivity contribution is 5.69. The molecule has 2 aliphatic rings. The lowest BCUT2D eigenvalue weighted by Gasteiger charge is -2.19. The van der Waals surface area contributed by atoms with Crippen molar-refractivity contribution in [3.63, 3.8) is 0 Å². The summed E-state index contributed by atoms with van der Waals surface area (Å²) in [4.78, 5) is 11.1. The Morgan fingerprint density at radius 2 is 2.26 bits per heavy atom. The third-order valence-corrected chi connectivity index (χ3v) is 5.69. The van der Waals surface area contributed by atoms with Crippen molar-refractivity contribution in [3.8, 4) is 11.8 Å². The first-order valence-electron chi connectivity index (χ1n) is 9.84. The van der Waals surface area contributed by atoms with Crippen LogP contribution >= 0.6 is 0 Å². The summed E-state index contributed by atoms with van der Waals surface area (Å²) in [6.07, 6.45) is 12.8. The van der Waals surface area contributed by atoms with Crippen LogP contribution in [0.5, 0.6) is 0 Å². The van der Waals surface area contributed by atoms with E-state index >= 15 is 0 Å². The number of allylic oxidation sites excluding steroid dienone is 4. The lowest BCUT2D eigenvalue weighted by Crippen LogP contribution is -2.19. The highest BCUT2D eigenvalue weighted by atomic mass is 16.5. The number of hydrogen-bond donors (Lipinski definition) is 2. The predicted octanol–water partition coefficient (Wildman–Crippen LogP) is 3.41. The molecule has 0 aromatic carbocycles. The number of esters is 1. The van der Waals surface area contributed by atoms with Crippen LogP contribution in [0.4, 0.5) is 0 Å². The van der Waals surface area contributed by atoms with Crippen molar-refractivity contribution in [1.82, 2.24) is 0 Å². The molecule has 0 heterocycles. The molecular weight excluding hydrogens is 340 g/mol. The second kappa shape index (κ2) is 10.5. The standard InChI is InChI=1S/C23H32O4/c1-4-5-8-16(2)21(24)12-11-19-20-14-17(13-18(20)15-22(19)25)9-6-7-10-23(26)27-3/h6,9,11-13,16,18-22,24-25H,7-8,10,14-15H2,1-3H3/t16?,18-,19-,20-,21+,22+/m0/s1. The fourth-order valence-corrected chi connectivity index (χ4v) is 4.02.